The Morgan fingerprint density at radius 1 is 0.919 bits per heavy atom. The quantitative estimate of drug-likeness (QED) is 0.335. The van der Waals surface area contributed by atoms with Gasteiger partial charge in [-0.3, -0.25) is 9.48 Å². The minimum atomic E-state index is -4.40. The van der Waals surface area contributed by atoms with Gasteiger partial charge in [0.1, 0.15) is 0 Å². The minimum absolute atomic E-state index is 0.150. The Morgan fingerprint density at radius 3 is 2.30 bits per heavy atom. The molecule has 37 heavy (non-hydrogen) atoms. The lowest BCUT2D eigenvalue weighted by Crippen LogP contribution is -2.23. The normalized spacial score (nSPS) is 11.4. The molecule has 0 aliphatic carbocycles. The van der Waals surface area contributed by atoms with E-state index in [2.05, 4.69) is 25.9 Å². The molecule has 11 heteroatoms. The molecule has 3 aromatic carbocycles. The van der Waals surface area contributed by atoms with E-state index in [1.165, 1.54) is 12.1 Å². The van der Waals surface area contributed by atoms with E-state index in [4.69, 9.17) is 5.10 Å². The molecule has 0 unspecified atom stereocenters. The number of aromatic nitrogens is 6. The van der Waals surface area contributed by atoms with Gasteiger partial charge in [-0.25, -0.2) is 0 Å². The van der Waals surface area contributed by atoms with Gasteiger partial charge in [-0.05, 0) is 41.5 Å². The number of hydrogen-bond acceptors (Lipinski definition) is 5. The van der Waals surface area contributed by atoms with E-state index in [0.717, 1.165) is 29.0 Å². The average molecular weight is 503 g/mol. The summed E-state index contributed by atoms with van der Waals surface area (Å²) in [5.41, 5.74) is 3.54. The molecule has 1 amide bonds. The summed E-state index contributed by atoms with van der Waals surface area (Å²) in [4.78, 5) is 12.4. The van der Waals surface area contributed by atoms with Gasteiger partial charge in [0, 0.05) is 11.1 Å². The van der Waals surface area contributed by atoms with Crippen molar-refractivity contribution in [3.05, 3.63) is 107 Å². The van der Waals surface area contributed by atoms with Crippen molar-refractivity contribution < 1.29 is 18.0 Å². The first-order chi connectivity index (χ1) is 17.9. The molecular formula is C26H20F3N7O. The number of nitrogens with one attached hydrogen (secondary N) is 2. The third-order valence-corrected chi connectivity index (χ3v) is 5.70. The SMILES string of the molecule is O=C(NCc1nn[nH]n1)c1ccc(Cn2nc(-c3ccc(C(F)(F)F)cc3)cc2-c2ccccc2)cc1. The van der Waals surface area contributed by atoms with E-state index in [0.29, 0.717) is 29.2 Å². The zero-order chi connectivity index (χ0) is 25.8. The Balaban J connectivity index is 1.38. The Hall–Kier alpha value is -4.80. The lowest BCUT2D eigenvalue weighted by Gasteiger charge is -2.09. The third kappa shape index (κ3) is 5.56. The van der Waals surface area contributed by atoms with Crippen molar-refractivity contribution in [2.24, 2.45) is 0 Å². The van der Waals surface area contributed by atoms with E-state index >= 15 is 0 Å². The largest absolute Gasteiger partial charge is 0.416 e. The molecule has 0 fully saturated rings. The molecule has 186 valence electrons. The molecule has 5 rings (SSSR count). The fraction of sp³-hybridized carbons (Fsp3) is 0.115. The number of H-pyrrole nitrogens is 1. The first-order valence-electron chi connectivity index (χ1n) is 11.3. The first-order valence-corrected chi connectivity index (χ1v) is 11.3. The Kier molecular flexibility index (Phi) is 6.50. The highest BCUT2D eigenvalue weighted by atomic mass is 19.4. The molecular weight excluding hydrogens is 483 g/mol. The molecule has 0 radical (unpaired) electrons. The van der Waals surface area contributed by atoms with E-state index in [9.17, 15) is 18.0 Å². The van der Waals surface area contributed by atoms with Crippen molar-refractivity contribution in [2.45, 2.75) is 19.3 Å². The predicted molar refractivity (Wildman–Crippen MR) is 129 cm³/mol. The molecule has 2 heterocycles. The zero-order valence-corrected chi connectivity index (χ0v) is 19.3. The van der Waals surface area contributed by atoms with Crippen LogP contribution in [0.25, 0.3) is 22.5 Å². The topological polar surface area (TPSA) is 101 Å². The van der Waals surface area contributed by atoms with Crippen LogP contribution in [-0.2, 0) is 19.3 Å². The van der Waals surface area contributed by atoms with E-state index in [1.54, 1.807) is 16.8 Å². The number of halogens is 3. The lowest BCUT2D eigenvalue weighted by atomic mass is 10.1. The van der Waals surface area contributed by atoms with Gasteiger partial charge in [0.25, 0.3) is 5.91 Å². The lowest BCUT2D eigenvalue weighted by molar-refractivity contribution is -0.137. The number of nitrogens with zero attached hydrogens (tertiary/aromatic N) is 5. The molecule has 0 saturated carbocycles. The molecule has 0 saturated heterocycles. The van der Waals surface area contributed by atoms with Gasteiger partial charge in [0.2, 0.25) is 0 Å². The van der Waals surface area contributed by atoms with Crippen molar-refractivity contribution in [1.82, 2.24) is 35.7 Å². The Labute approximate surface area is 209 Å². The second kappa shape index (κ2) is 10.1. The summed E-state index contributed by atoms with van der Waals surface area (Å²) in [7, 11) is 0. The molecule has 2 N–H and O–H groups in total. The van der Waals surface area contributed by atoms with Crippen LogP contribution in [0.5, 0.6) is 0 Å². The maximum Gasteiger partial charge on any atom is 0.416 e. The smallest absolute Gasteiger partial charge is 0.345 e. The molecule has 8 nitrogen and oxygen atoms in total. The Bertz CT molecular complexity index is 1480. The van der Waals surface area contributed by atoms with Crippen LogP contribution in [0.15, 0.2) is 84.9 Å². The second-order valence-corrected chi connectivity index (χ2v) is 8.22. The van der Waals surface area contributed by atoms with Gasteiger partial charge in [-0.15, -0.1) is 10.2 Å². The molecule has 0 spiro atoms. The van der Waals surface area contributed by atoms with Crippen LogP contribution in [0.4, 0.5) is 13.2 Å². The monoisotopic (exact) mass is 503 g/mol. The van der Waals surface area contributed by atoms with Crippen LogP contribution in [0.1, 0.15) is 27.3 Å². The maximum atomic E-state index is 13.0. The van der Waals surface area contributed by atoms with Crippen molar-refractivity contribution in [1.29, 1.82) is 0 Å². The average Bonchev–Trinajstić information content (AvgIpc) is 3.58. The zero-order valence-electron chi connectivity index (χ0n) is 19.3. The number of carbonyl (C=O) groups is 1. The summed E-state index contributed by atoms with van der Waals surface area (Å²) in [5.74, 6) is 0.103. The van der Waals surface area contributed by atoms with Crippen LogP contribution in [0, 0.1) is 0 Å². The molecule has 0 atom stereocenters. The molecule has 0 aliphatic rings. The number of rotatable bonds is 7. The molecule has 5 aromatic rings. The van der Waals surface area contributed by atoms with Gasteiger partial charge in [0.05, 0.1) is 30.0 Å². The highest BCUT2D eigenvalue weighted by Crippen LogP contribution is 2.32. The first kappa shape index (κ1) is 23.9. The van der Waals surface area contributed by atoms with E-state index in [1.807, 2.05) is 48.5 Å². The summed E-state index contributed by atoms with van der Waals surface area (Å²) in [6.07, 6.45) is -4.40. The molecule has 0 bridgehead atoms. The van der Waals surface area contributed by atoms with E-state index < -0.39 is 11.7 Å². The minimum Gasteiger partial charge on any atom is -0.345 e. The Morgan fingerprint density at radius 2 is 1.65 bits per heavy atom. The summed E-state index contributed by atoms with van der Waals surface area (Å²) >= 11 is 0. The summed E-state index contributed by atoms with van der Waals surface area (Å²) < 4.78 is 40.8. The standard InChI is InChI=1S/C26H20F3N7O/c27-26(28,29)21-12-10-18(11-13-21)22-14-23(19-4-2-1-3-5-19)36(33-22)16-17-6-8-20(9-7-17)25(37)30-15-24-31-34-35-32-24/h1-14H,15-16H2,(H,30,37)(H,31,32,34,35). The number of aromatic amines is 1. The van der Waals surface area contributed by atoms with Gasteiger partial charge in [-0.1, -0.05) is 59.8 Å². The fourth-order valence-electron chi connectivity index (χ4n) is 3.80. The number of hydrogen-bond donors (Lipinski definition) is 2. The van der Waals surface area contributed by atoms with Gasteiger partial charge in [0.15, 0.2) is 5.82 Å². The predicted octanol–water partition coefficient (Wildman–Crippen LogP) is 4.73. The van der Waals surface area contributed by atoms with Crippen molar-refractivity contribution in [3.63, 3.8) is 0 Å². The number of alkyl halides is 3. The summed E-state index contributed by atoms with van der Waals surface area (Å²) in [6, 6.07) is 23.5. The number of benzene rings is 3. The number of amides is 1. The van der Waals surface area contributed by atoms with Crippen LogP contribution >= 0.6 is 0 Å². The molecule has 2 aromatic heterocycles. The van der Waals surface area contributed by atoms with Crippen LogP contribution in [0.2, 0.25) is 0 Å². The van der Waals surface area contributed by atoms with Crippen molar-refractivity contribution in [2.75, 3.05) is 0 Å². The summed E-state index contributed by atoms with van der Waals surface area (Å²) in [5, 5.41) is 20.8. The van der Waals surface area contributed by atoms with Gasteiger partial charge < -0.3 is 5.32 Å². The van der Waals surface area contributed by atoms with Crippen molar-refractivity contribution in [3.8, 4) is 22.5 Å². The van der Waals surface area contributed by atoms with Crippen molar-refractivity contribution >= 4 is 5.91 Å². The van der Waals surface area contributed by atoms with Gasteiger partial charge in [-0.2, -0.15) is 23.5 Å². The number of tetrazole rings is 1. The second-order valence-electron chi connectivity index (χ2n) is 8.22. The molecule has 0 aliphatic heterocycles. The van der Waals surface area contributed by atoms with Crippen LogP contribution in [-0.4, -0.2) is 36.3 Å². The fourth-order valence-corrected chi connectivity index (χ4v) is 3.80. The maximum absolute atomic E-state index is 13.0. The highest BCUT2D eigenvalue weighted by molar-refractivity contribution is 5.94. The summed E-state index contributed by atoms with van der Waals surface area (Å²) in [6.45, 7) is 0.549. The highest BCUT2D eigenvalue weighted by Gasteiger charge is 2.30. The number of carbonyl (C=O) groups excluding carboxylic acids is 1. The van der Waals surface area contributed by atoms with Gasteiger partial charge >= 0.3 is 6.18 Å². The third-order valence-electron chi connectivity index (χ3n) is 5.70. The van der Waals surface area contributed by atoms with E-state index in [-0.39, 0.29) is 12.5 Å². The van der Waals surface area contributed by atoms with Crippen LogP contribution < -0.4 is 5.32 Å². The van der Waals surface area contributed by atoms with Crippen LogP contribution in [0.3, 0.4) is 0 Å².